The lowest BCUT2D eigenvalue weighted by molar-refractivity contribution is -0.870. The molecule has 0 saturated heterocycles. The van der Waals surface area contributed by atoms with Crippen LogP contribution in [0.5, 0.6) is 0 Å². The summed E-state index contributed by atoms with van der Waals surface area (Å²) in [4.78, 5) is 25.3. The minimum atomic E-state index is -4.61. The predicted octanol–water partition coefficient (Wildman–Crippen LogP) is 12.2. The number of phosphoric acid groups is 1. The zero-order valence-corrected chi connectivity index (χ0v) is 38.2. The minimum absolute atomic E-state index is 0.0183. The van der Waals surface area contributed by atoms with Gasteiger partial charge in [0.05, 0.1) is 39.9 Å². The Kier molecular flexibility index (Phi) is 38.0. The van der Waals surface area contributed by atoms with Gasteiger partial charge in [-0.2, -0.15) is 0 Å². The number of likely N-dealkylation sites (N-methyl/N-ethyl adjacent to an activating group) is 1. The maximum absolute atomic E-state index is 12.8. The van der Waals surface area contributed by atoms with Gasteiger partial charge in [0, 0.05) is 6.42 Å². The number of hydrogen-bond acceptors (Lipinski definition) is 6. The number of amides is 1. The first-order valence-electron chi connectivity index (χ1n) is 22.8. The smallest absolute Gasteiger partial charge is 0.268 e. The number of aliphatic hydroxyl groups is 1. The Morgan fingerprint density at radius 2 is 1.09 bits per heavy atom. The van der Waals surface area contributed by atoms with Crippen LogP contribution in [0, 0.1) is 0 Å². The van der Waals surface area contributed by atoms with Gasteiger partial charge in [0.25, 0.3) is 7.82 Å². The molecule has 57 heavy (non-hydrogen) atoms. The van der Waals surface area contributed by atoms with Crippen molar-refractivity contribution in [1.82, 2.24) is 5.32 Å². The van der Waals surface area contributed by atoms with E-state index in [4.69, 9.17) is 9.05 Å². The van der Waals surface area contributed by atoms with Crippen LogP contribution in [0.25, 0.3) is 0 Å². The fourth-order valence-electron chi connectivity index (χ4n) is 6.02. The molecular formula is C48H87N2O6P. The van der Waals surface area contributed by atoms with E-state index < -0.39 is 26.6 Å². The summed E-state index contributed by atoms with van der Waals surface area (Å²) in [5.74, 6) is -0.244. The van der Waals surface area contributed by atoms with Crippen molar-refractivity contribution in [3.63, 3.8) is 0 Å². The van der Waals surface area contributed by atoms with Gasteiger partial charge in [-0.1, -0.05) is 164 Å². The van der Waals surface area contributed by atoms with E-state index >= 15 is 0 Å². The van der Waals surface area contributed by atoms with E-state index in [1.54, 1.807) is 6.08 Å². The Morgan fingerprint density at radius 1 is 0.632 bits per heavy atom. The van der Waals surface area contributed by atoms with E-state index in [1.165, 1.54) is 83.5 Å². The lowest BCUT2D eigenvalue weighted by Gasteiger charge is -2.29. The van der Waals surface area contributed by atoms with Gasteiger partial charge in [0.2, 0.25) is 5.91 Å². The summed E-state index contributed by atoms with van der Waals surface area (Å²) >= 11 is 0. The van der Waals surface area contributed by atoms with Crippen LogP contribution in [0.15, 0.2) is 72.9 Å². The Morgan fingerprint density at radius 3 is 1.63 bits per heavy atom. The zero-order valence-electron chi connectivity index (χ0n) is 37.3. The number of hydrogen-bond donors (Lipinski definition) is 2. The first-order chi connectivity index (χ1) is 27.5. The first-order valence-corrected chi connectivity index (χ1v) is 24.3. The molecular weight excluding hydrogens is 732 g/mol. The second-order valence-electron chi connectivity index (χ2n) is 16.4. The van der Waals surface area contributed by atoms with Crippen molar-refractivity contribution in [2.45, 2.75) is 187 Å². The molecule has 330 valence electrons. The third kappa shape index (κ3) is 41.9. The van der Waals surface area contributed by atoms with E-state index in [9.17, 15) is 19.4 Å². The molecule has 0 aromatic rings. The number of carbonyl (C=O) groups excluding carboxylic acids is 1. The lowest BCUT2D eigenvalue weighted by atomic mass is 10.0. The topological polar surface area (TPSA) is 108 Å². The molecule has 3 atom stereocenters. The van der Waals surface area contributed by atoms with Crippen molar-refractivity contribution >= 4 is 13.7 Å². The summed E-state index contributed by atoms with van der Waals surface area (Å²) in [6, 6.07) is -0.927. The van der Waals surface area contributed by atoms with Crippen LogP contribution >= 0.6 is 7.82 Å². The number of phosphoric ester groups is 1. The van der Waals surface area contributed by atoms with Crippen LogP contribution in [0.4, 0.5) is 0 Å². The second-order valence-corrected chi connectivity index (χ2v) is 17.8. The molecule has 0 rings (SSSR count). The highest BCUT2D eigenvalue weighted by atomic mass is 31.2. The van der Waals surface area contributed by atoms with Gasteiger partial charge in [-0.15, -0.1) is 0 Å². The van der Waals surface area contributed by atoms with Crippen molar-refractivity contribution < 1.29 is 32.9 Å². The molecule has 0 heterocycles. The molecule has 8 nitrogen and oxygen atoms in total. The highest BCUT2D eigenvalue weighted by Crippen LogP contribution is 2.38. The molecule has 0 radical (unpaired) electrons. The monoisotopic (exact) mass is 819 g/mol. The molecule has 0 spiro atoms. The lowest BCUT2D eigenvalue weighted by Crippen LogP contribution is -2.45. The number of nitrogens with one attached hydrogen (secondary N) is 1. The van der Waals surface area contributed by atoms with E-state index in [2.05, 4.69) is 79.9 Å². The van der Waals surface area contributed by atoms with Crippen molar-refractivity contribution in [3.8, 4) is 0 Å². The van der Waals surface area contributed by atoms with Gasteiger partial charge in [0.15, 0.2) is 0 Å². The molecule has 0 saturated carbocycles. The Hall–Kier alpha value is -2.06. The van der Waals surface area contributed by atoms with Gasteiger partial charge in [-0.05, 0) is 77.0 Å². The average Bonchev–Trinajstić information content (AvgIpc) is 3.16. The predicted molar refractivity (Wildman–Crippen MR) is 242 cm³/mol. The van der Waals surface area contributed by atoms with Crippen LogP contribution in [0.2, 0.25) is 0 Å². The molecule has 3 unspecified atom stereocenters. The van der Waals surface area contributed by atoms with Gasteiger partial charge in [0.1, 0.15) is 13.2 Å². The molecule has 2 N–H and O–H groups in total. The van der Waals surface area contributed by atoms with Crippen LogP contribution in [0.1, 0.15) is 174 Å². The Balaban J connectivity index is 4.50. The Bertz CT molecular complexity index is 1160. The van der Waals surface area contributed by atoms with Crippen LogP contribution in [-0.2, 0) is 18.4 Å². The number of unbranched alkanes of at least 4 members (excludes halogenated alkanes) is 17. The van der Waals surface area contributed by atoms with Crippen molar-refractivity contribution in [1.29, 1.82) is 0 Å². The number of carbonyl (C=O) groups is 1. The fourth-order valence-corrected chi connectivity index (χ4v) is 6.74. The number of quaternary nitrogens is 1. The molecule has 0 aliphatic carbocycles. The van der Waals surface area contributed by atoms with E-state index in [0.29, 0.717) is 23.9 Å². The average molecular weight is 819 g/mol. The van der Waals surface area contributed by atoms with Gasteiger partial charge in [-0.3, -0.25) is 9.36 Å². The quantitative estimate of drug-likeness (QED) is 0.0276. The number of rotatable bonds is 40. The normalized spacial score (nSPS) is 15.0. The summed E-state index contributed by atoms with van der Waals surface area (Å²) in [5, 5.41) is 13.7. The molecule has 9 heteroatoms. The van der Waals surface area contributed by atoms with E-state index in [1.807, 2.05) is 27.2 Å². The third-order valence-electron chi connectivity index (χ3n) is 9.63. The first kappa shape index (κ1) is 54.9. The molecule has 1 amide bonds. The summed E-state index contributed by atoms with van der Waals surface area (Å²) in [5.41, 5.74) is 0. The second kappa shape index (κ2) is 39.4. The molecule has 0 fully saturated rings. The van der Waals surface area contributed by atoms with Crippen molar-refractivity contribution in [3.05, 3.63) is 72.9 Å². The largest absolute Gasteiger partial charge is 0.756 e. The minimum Gasteiger partial charge on any atom is -0.756 e. The van der Waals surface area contributed by atoms with Crippen LogP contribution in [0.3, 0.4) is 0 Å². The maximum atomic E-state index is 12.8. The fraction of sp³-hybridized carbons (Fsp3) is 0.729. The number of nitrogens with zero attached hydrogens (tertiary/aromatic N) is 1. The van der Waals surface area contributed by atoms with E-state index in [-0.39, 0.29) is 12.5 Å². The number of allylic oxidation sites excluding steroid dienone is 11. The highest BCUT2D eigenvalue weighted by molar-refractivity contribution is 7.45. The summed E-state index contributed by atoms with van der Waals surface area (Å²) in [6.45, 7) is 4.46. The molecule has 0 aliphatic rings. The maximum Gasteiger partial charge on any atom is 0.268 e. The molecule has 0 aromatic carbocycles. The summed E-state index contributed by atoms with van der Waals surface area (Å²) in [6.07, 6.45) is 52.5. The van der Waals surface area contributed by atoms with Gasteiger partial charge >= 0.3 is 0 Å². The highest BCUT2D eigenvalue weighted by Gasteiger charge is 2.23. The van der Waals surface area contributed by atoms with Gasteiger partial charge in [-0.25, -0.2) is 0 Å². The molecule has 0 aliphatic heterocycles. The van der Waals surface area contributed by atoms with Gasteiger partial charge < -0.3 is 28.8 Å². The summed E-state index contributed by atoms with van der Waals surface area (Å²) in [7, 11) is 1.20. The Labute approximate surface area is 351 Å². The molecule has 0 bridgehead atoms. The SMILES string of the molecule is CC/C=C\C/C=C\C/C=C\CCCCCC(=O)NC(COP(=O)([O-])OCC[N+](C)(C)C)C(O)/C=C/CC/C=C/CC/C=C/CCCCCCCCCCCCCC. The molecule has 0 aromatic heterocycles. The zero-order chi connectivity index (χ0) is 42.1. The van der Waals surface area contributed by atoms with Crippen LogP contribution < -0.4 is 10.2 Å². The van der Waals surface area contributed by atoms with Crippen molar-refractivity contribution in [2.24, 2.45) is 0 Å². The third-order valence-corrected chi connectivity index (χ3v) is 10.6. The number of aliphatic hydroxyl groups excluding tert-OH is 1. The van der Waals surface area contributed by atoms with Crippen LogP contribution in [-0.4, -0.2) is 68.5 Å². The van der Waals surface area contributed by atoms with Crippen molar-refractivity contribution in [2.75, 3.05) is 40.9 Å². The standard InChI is InChI=1S/C48H87N2O6P/c1-6-8-10-12-14-16-18-20-21-22-23-24-25-26-27-28-30-31-33-35-37-39-41-47(51)46(45-56-57(53,54)55-44-43-50(3,4)5)49-48(52)42-40-38-36-34-32-29-19-17-15-13-11-9-7-2/h9,11,15,17,26-27,29,31-33,39,41,46-47,51H,6-8,10,12-14,16,18-25,28,30,34-38,40,42-45H2,1-5H3,(H-,49,52,53,54)/b11-9-,17-15-,27-26+,32-29-,33-31+,41-39+. The van der Waals surface area contributed by atoms with E-state index in [0.717, 1.165) is 64.2 Å². The summed E-state index contributed by atoms with van der Waals surface area (Å²) < 4.78 is 23.1.